The highest BCUT2D eigenvalue weighted by molar-refractivity contribution is 7.09. The number of piperidine rings is 1. The van der Waals surface area contributed by atoms with E-state index in [0.29, 0.717) is 19.7 Å². The third-order valence-electron chi connectivity index (χ3n) is 5.65. The van der Waals surface area contributed by atoms with Crippen molar-refractivity contribution in [3.8, 4) is 5.75 Å². The van der Waals surface area contributed by atoms with Crippen LogP contribution in [-0.2, 0) is 17.9 Å². The number of benzene rings is 1. The molecule has 0 bridgehead atoms. The van der Waals surface area contributed by atoms with Crippen LogP contribution in [0.5, 0.6) is 5.75 Å². The topological polar surface area (TPSA) is 90.6 Å². The van der Waals surface area contributed by atoms with E-state index in [1.807, 2.05) is 29.2 Å². The molecule has 0 radical (unpaired) electrons. The quantitative estimate of drug-likeness (QED) is 0.614. The van der Waals surface area contributed by atoms with Crippen molar-refractivity contribution in [1.29, 1.82) is 0 Å². The summed E-state index contributed by atoms with van der Waals surface area (Å²) >= 11 is 1.57. The van der Waals surface area contributed by atoms with Crippen LogP contribution in [0.1, 0.15) is 30.3 Å². The molecule has 3 aromatic rings. The van der Waals surface area contributed by atoms with Crippen molar-refractivity contribution < 1.29 is 14.3 Å². The Kier molecular flexibility index (Phi) is 6.41. The number of rotatable bonds is 6. The second-order valence-electron chi connectivity index (χ2n) is 7.83. The van der Waals surface area contributed by atoms with Crippen LogP contribution in [0.15, 0.2) is 36.0 Å². The molecule has 3 heterocycles. The number of hydrogen-bond donors (Lipinski definition) is 2. The van der Waals surface area contributed by atoms with E-state index < -0.39 is 0 Å². The summed E-state index contributed by atoms with van der Waals surface area (Å²) in [6.45, 7) is 3.84. The van der Waals surface area contributed by atoms with E-state index >= 15 is 0 Å². The van der Waals surface area contributed by atoms with E-state index in [0.717, 1.165) is 46.6 Å². The van der Waals surface area contributed by atoms with Gasteiger partial charge in [0.25, 0.3) is 0 Å². The van der Waals surface area contributed by atoms with Gasteiger partial charge in [-0.05, 0) is 36.4 Å². The summed E-state index contributed by atoms with van der Waals surface area (Å²) in [5, 5.41) is 4.04. The van der Waals surface area contributed by atoms with Crippen LogP contribution in [0.4, 0.5) is 4.79 Å². The summed E-state index contributed by atoms with van der Waals surface area (Å²) in [6.07, 6.45) is 3.63. The van der Waals surface area contributed by atoms with Gasteiger partial charge in [0.15, 0.2) is 0 Å². The number of carbonyl (C=O) groups is 2. The second kappa shape index (κ2) is 9.38. The van der Waals surface area contributed by atoms with Gasteiger partial charge in [0.1, 0.15) is 12.4 Å². The van der Waals surface area contributed by atoms with Crippen LogP contribution in [0.25, 0.3) is 10.9 Å². The van der Waals surface area contributed by atoms with E-state index in [9.17, 15) is 9.59 Å². The van der Waals surface area contributed by atoms with Gasteiger partial charge in [-0.15, -0.1) is 11.3 Å². The zero-order valence-electron chi connectivity index (χ0n) is 17.8. The van der Waals surface area contributed by atoms with E-state index in [-0.39, 0.29) is 18.0 Å². The number of likely N-dealkylation sites (tertiary alicyclic amines) is 1. The minimum Gasteiger partial charge on any atom is -0.488 e. The number of fused-ring (bicyclic) bond motifs is 1. The Morgan fingerprint density at radius 1 is 1.39 bits per heavy atom. The molecule has 0 saturated carbocycles. The zero-order valence-corrected chi connectivity index (χ0v) is 18.6. The van der Waals surface area contributed by atoms with Gasteiger partial charge in [0.2, 0.25) is 5.91 Å². The summed E-state index contributed by atoms with van der Waals surface area (Å²) in [7, 11) is 1.79. The predicted octanol–water partition coefficient (Wildman–Crippen LogP) is 3.36. The number of thiazole rings is 1. The molecule has 2 N–H and O–H groups in total. The molecule has 1 atom stereocenters. The summed E-state index contributed by atoms with van der Waals surface area (Å²) in [5.74, 6) is 0.845. The number of H-pyrrole nitrogens is 1. The van der Waals surface area contributed by atoms with E-state index in [4.69, 9.17) is 4.74 Å². The third-order valence-corrected chi connectivity index (χ3v) is 6.41. The number of hydrogen-bond acceptors (Lipinski definition) is 5. The maximum absolute atomic E-state index is 12.6. The Morgan fingerprint density at radius 2 is 2.26 bits per heavy atom. The number of nitrogens with one attached hydrogen (secondary N) is 2. The lowest BCUT2D eigenvalue weighted by Crippen LogP contribution is -2.52. The molecule has 3 amide bonds. The molecule has 9 heteroatoms. The minimum atomic E-state index is -0.136. The fourth-order valence-electron chi connectivity index (χ4n) is 3.84. The van der Waals surface area contributed by atoms with Gasteiger partial charge >= 0.3 is 6.03 Å². The fourth-order valence-corrected chi connectivity index (χ4v) is 4.34. The molecule has 0 aliphatic carbocycles. The number of urea groups is 1. The number of aromatic nitrogens is 2. The Balaban J connectivity index is 1.32. The van der Waals surface area contributed by atoms with Crippen molar-refractivity contribution >= 4 is 34.2 Å². The van der Waals surface area contributed by atoms with Crippen LogP contribution in [0.2, 0.25) is 0 Å². The molecule has 0 spiro atoms. The number of nitrogens with zero attached hydrogens (tertiary/aromatic N) is 3. The number of carbonyl (C=O) groups excluding carboxylic acids is 2. The molecule has 1 aliphatic rings. The highest BCUT2D eigenvalue weighted by atomic mass is 32.1. The third kappa shape index (κ3) is 5.16. The van der Waals surface area contributed by atoms with Crippen molar-refractivity contribution in [1.82, 2.24) is 25.1 Å². The van der Waals surface area contributed by atoms with Crippen LogP contribution in [0.3, 0.4) is 0 Å². The molecule has 1 aliphatic heterocycles. The minimum absolute atomic E-state index is 0.0404. The first-order valence-electron chi connectivity index (χ1n) is 10.4. The molecular weight excluding hydrogens is 414 g/mol. The maximum atomic E-state index is 12.6. The largest absolute Gasteiger partial charge is 0.488 e. The lowest BCUT2D eigenvalue weighted by Gasteiger charge is -2.37. The Bertz CT molecular complexity index is 1050. The van der Waals surface area contributed by atoms with Gasteiger partial charge in [-0.2, -0.15) is 0 Å². The van der Waals surface area contributed by atoms with E-state index in [1.54, 1.807) is 41.9 Å². The summed E-state index contributed by atoms with van der Waals surface area (Å²) in [6, 6.07) is 7.84. The van der Waals surface area contributed by atoms with Crippen LogP contribution >= 0.6 is 11.3 Å². The highest BCUT2D eigenvalue weighted by Crippen LogP contribution is 2.23. The molecule has 1 fully saturated rings. The van der Waals surface area contributed by atoms with Gasteiger partial charge in [-0.3, -0.25) is 9.78 Å². The van der Waals surface area contributed by atoms with Crippen molar-refractivity contribution in [3.63, 3.8) is 0 Å². The van der Waals surface area contributed by atoms with Gasteiger partial charge in [0.05, 0.1) is 23.0 Å². The summed E-state index contributed by atoms with van der Waals surface area (Å²) in [4.78, 5) is 36.3. The summed E-state index contributed by atoms with van der Waals surface area (Å²) < 4.78 is 5.84. The first-order chi connectivity index (χ1) is 15.0. The van der Waals surface area contributed by atoms with Crippen molar-refractivity contribution in [3.05, 3.63) is 46.5 Å². The smallest absolute Gasteiger partial charge is 0.317 e. The maximum Gasteiger partial charge on any atom is 0.317 e. The van der Waals surface area contributed by atoms with Crippen LogP contribution in [0, 0.1) is 0 Å². The van der Waals surface area contributed by atoms with Gasteiger partial charge in [-0.1, -0.05) is 0 Å². The van der Waals surface area contributed by atoms with Crippen molar-refractivity contribution in [2.24, 2.45) is 0 Å². The first kappa shape index (κ1) is 21.2. The Hall–Kier alpha value is -3.07. The standard InChI is InChI=1S/C22H27N5O3S/c1-15(28)27-7-3-4-18(12-27)26(2)22(29)24-10-17-8-16-5-6-19(9-21(16)25-17)30-13-20-11-23-14-31-20/h5-6,8-9,11,14,18,25H,3-4,7,10,12-13H2,1-2H3,(H,24,29). The molecular formula is C22H27N5O3S. The second-order valence-corrected chi connectivity index (χ2v) is 8.80. The normalized spacial score (nSPS) is 16.3. The zero-order chi connectivity index (χ0) is 21.8. The predicted molar refractivity (Wildman–Crippen MR) is 120 cm³/mol. The Labute approximate surface area is 185 Å². The van der Waals surface area contributed by atoms with Crippen LogP contribution in [-0.4, -0.2) is 57.9 Å². The number of likely N-dealkylation sites (N-methyl/N-ethyl adjacent to an activating group) is 1. The molecule has 164 valence electrons. The SMILES string of the molecule is CC(=O)N1CCCC(N(C)C(=O)NCc2cc3ccc(OCc4cncs4)cc3[nH]2)C1. The number of ether oxygens (including phenoxy) is 1. The molecule has 1 saturated heterocycles. The van der Waals surface area contributed by atoms with Gasteiger partial charge < -0.3 is 24.8 Å². The average molecular weight is 442 g/mol. The van der Waals surface area contributed by atoms with Crippen molar-refractivity contribution in [2.45, 2.75) is 39.0 Å². The summed E-state index contributed by atoms with van der Waals surface area (Å²) in [5.41, 5.74) is 3.67. The molecule has 4 rings (SSSR count). The highest BCUT2D eigenvalue weighted by Gasteiger charge is 2.27. The van der Waals surface area contributed by atoms with Crippen LogP contribution < -0.4 is 10.1 Å². The van der Waals surface area contributed by atoms with Gasteiger partial charge in [-0.25, -0.2) is 4.79 Å². The van der Waals surface area contributed by atoms with Crippen molar-refractivity contribution in [2.75, 3.05) is 20.1 Å². The van der Waals surface area contributed by atoms with E-state index in [1.165, 1.54) is 0 Å². The first-order valence-corrected chi connectivity index (χ1v) is 11.3. The fraction of sp³-hybridized carbons (Fsp3) is 0.409. The monoisotopic (exact) mass is 441 g/mol. The number of aromatic amines is 1. The Morgan fingerprint density at radius 3 is 3.03 bits per heavy atom. The lowest BCUT2D eigenvalue weighted by atomic mass is 10.0. The lowest BCUT2D eigenvalue weighted by molar-refractivity contribution is -0.130. The van der Waals surface area contributed by atoms with E-state index in [2.05, 4.69) is 15.3 Å². The van der Waals surface area contributed by atoms with Gasteiger partial charge in [0, 0.05) is 50.5 Å². The molecule has 31 heavy (non-hydrogen) atoms. The molecule has 8 nitrogen and oxygen atoms in total. The molecule has 2 aromatic heterocycles. The molecule has 1 unspecified atom stereocenters. The number of amides is 3. The molecule has 1 aromatic carbocycles. The average Bonchev–Trinajstić information content (AvgIpc) is 3.44.